The summed E-state index contributed by atoms with van der Waals surface area (Å²) in [7, 11) is 0. The second-order valence-corrected chi connectivity index (χ2v) is 6.90. The van der Waals surface area contributed by atoms with Crippen molar-refractivity contribution in [3.05, 3.63) is 5.01 Å². The van der Waals surface area contributed by atoms with Crippen molar-refractivity contribution in [2.45, 2.75) is 49.7 Å². The number of anilines is 1. The summed E-state index contributed by atoms with van der Waals surface area (Å²) in [5.74, 6) is 0.520. The van der Waals surface area contributed by atoms with Gasteiger partial charge in [0.05, 0.1) is 6.10 Å². The van der Waals surface area contributed by atoms with E-state index in [4.69, 9.17) is 4.74 Å². The highest BCUT2D eigenvalue weighted by atomic mass is 32.2. The standard InChI is InChI=1S/C12H18N6OS2/c1-5-6-13-9-14-10(19-7(2)3)16-11(15-9)21-12-18-17-8(4)20-12/h7H,5-6H2,1-4H3,(H,13,14,15,16). The lowest BCUT2D eigenvalue weighted by atomic mass is 10.5. The van der Waals surface area contributed by atoms with Crippen molar-refractivity contribution < 1.29 is 4.74 Å². The maximum Gasteiger partial charge on any atom is 0.322 e. The van der Waals surface area contributed by atoms with Crippen molar-refractivity contribution in [3.8, 4) is 6.01 Å². The number of rotatable bonds is 7. The molecule has 0 aliphatic heterocycles. The Morgan fingerprint density at radius 2 is 2.05 bits per heavy atom. The quantitative estimate of drug-likeness (QED) is 0.831. The van der Waals surface area contributed by atoms with E-state index in [1.165, 1.54) is 23.1 Å². The Morgan fingerprint density at radius 1 is 1.24 bits per heavy atom. The van der Waals surface area contributed by atoms with Gasteiger partial charge in [0, 0.05) is 6.54 Å². The summed E-state index contributed by atoms with van der Waals surface area (Å²) >= 11 is 2.87. The Morgan fingerprint density at radius 3 is 2.67 bits per heavy atom. The summed E-state index contributed by atoms with van der Waals surface area (Å²) in [6.07, 6.45) is 0.998. The molecule has 1 N–H and O–H groups in total. The van der Waals surface area contributed by atoms with Crippen molar-refractivity contribution in [1.29, 1.82) is 0 Å². The number of nitrogens with one attached hydrogen (secondary N) is 1. The molecule has 0 bridgehead atoms. The molecular weight excluding hydrogens is 308 g/mol. The average Bonchev–Trinajstić information content (AvgIpc) is 2.80. The van der Waals surface area contributed by atoms with Crippen LogP contribution in [0.5, 0.6) is 6.01 Å². The van der Waals surface area contributed by atoms with Gasteiger partial charge < -0.3 is 10.1 Å². The smallest absolute Gasteiger partial charge is 0.322 e. The molecule has 2 rings (SSSR count). The van der Waals surface area contributed by atoms with Gasteiger partial charge in [-0.2, -0.15) is 15.0 Å². The molecule has 0 aliphatic rings. The van der Waals surface area contributed by atoms with E-state index in [9.17, 15) is 0 Å². The van der Waals surface area contributed by atoms with Crippen LogP contribution in [0.1, 0.15) is 32.2 Å². The first-order valence-corrected chi connectivity index (χ1v) is 8.34. The number of ether oxygens (including phenoxy) is 1. The third-order valence-electron chi connectivity index (χ3n) is 2.15. The summed E-state index contributed by atoms with van der Waals surface area (Å²) in [4.78, 5) is 12.9. The lowest BCUT2D eigenvalue weighted by molar-refractivity contribution is 0.219. The van der Waals surface area contributed by atoms with E-state index in [1.807, 2.05) is 20.8 Å². The van der Waals surface area contributed by atoms with Crippen LogP contribution >= 0.6 is 23.1 Å². The molecule has 2 aromatic heterocycles. The van der Waals surface area contributed by atoms with E-state index >= 15 is 0 Å². The zero-order valence-electron chi connectivity index (χ0n) is 12.5. The molecule has 0 aliphatic carbocycles. The van der Waals surface area contributed by atoms with E-state index in [1.54, 1.807) is 0 Å². The first kappa shape index (κ1) is 15.9. The topological polar surface area (TPSA) is 85.7 Å². The first-order valence-electron chi connectivity index (χ1n) is 6.71. The van der Waals surface area contributed by atoms with Crippen LogP contribution in [-0.4, -0.2) is 37.8 Å². The predicted molar refractivity (Wildman–Crippen MR) is 83.1 cm³/mol. The van der Waals surface area contributed by atoms with Crippen molar-refractivity contribution in [2.75, 3.05) is 11.9 Å². The van der Waals surface area contributed by atoms with Gasteiger partial charge in [0.2, 0.25) is 11.1 Å². The van der Waals surface area contributed by atoms with Crippen LogP contribution in [0, 0.1) is 6.92 Å². The lowest BCUT2D eigenvalue weighted by Gasteiger charge is -2.10. The molecule has 2 heterocycles. The minimum absolute atomic E-state index is 0.00745. The zero-order chi connectivity index (χ0) is 15.2. The molecule has 0 saturated heterocycles. The highest BCUT2D eigenvalue weighted by Gasteiger charge is 2.12. The molecular formula is C12H18N6OS2. The van der Waals surface area contributed by atoms with Gasteiger partial charge >= 0.3 is 6.01 Å². The van der Waals surface area contributed by atoms with Gasteiger partial charge in [0.25, 0.3) is 0 Å². The molecule has 0 saturated carbocycles. The molecule has 0 atom stereocenters. The summed E-state index contributed by atoms with van der Waals surface area (Å²) in [6, 6.07) is 0.322. The fourth-order valence-electron chi connectivity index (χ4n) is 1.36. The molecule has 0 fully saturated rings. The predicted octanol–water partition coefficient (Wildman–Crippen LogP) is 2.79. The number of nitrogens with zero attached hydrogens (tertiary/aromatic N) is 5. The SMILES string of the molecule is CCCNc1nc(OC(C)C)nc(Sc2nnc(C)s2)n1. The molecule has 114 valence electrons. The summed E-state index contributed by atoms with van der Waals surface area (Å²) in [6.45, 7) is 8.66. The molecule has 0 amide bonds. The van der Waals surface area contributed by atoms with Crippen molar-refractivity contribution in [2.24, 2.45) is 0 Å². The van der Waals surface area contributed by atoms with Crippen LogP contribution in [-0.2, 0) is 0 Å². The molecule has 21 heavy (non-hydrogen) atoms. The van der Waals surface area contributed by atoms with Gasteiger partial charge in [-0.1, -0.05) is 18.3 Å². The van der Waals surface area contributed by atoms with Crippen LogP contribution in [0.4, 0.5) is 5.95 Å². The van der Waals surface area contributed by atoms with Gasteiger partial charge in [-0.15, -0.1) is 10.2 Å². The van der Waals surface area contributed by atoms with E-state index in [0.29, 0.717) is 17.1 Å². The maximum absolute atomic E-state index is 5.57. The number of hydrogen-bond acceptors (Lipinski definition) is 9. The van der Waals surface area contributed by atoms with Gasteiger partial charge in [0.15, 0.2) is 4.34 Å². The molecule has 9 heteroatoms. The van der Waals surface area contributed by atoms with Crippen molar-refractivity contribution >= 4 is 29.0 Å². The third-order valence-corrected chi connectivity index (χ3v) is 3.91. The van der Waals surface area contributed by atoms with Crippen LogP contribution in [0.25, 0.3) is 0 Å². The highest BCUT2D eigenvalue weighted by Crippen LogP contribution is 2.28. The number of aromatic nitrogens is 5. The van der Waals surface area contributed by atoms with Crippen molar-refractivity contribution in [3.63, 3.8) is 0 Å². The Hall–Kier alpha value is -1.48. The fraction of sp³-hybridized carbons (Fsp3) is 0.583. The van der Waals surface area contributed by atoms with Gasteiger partial charge in [-0.05, 0) is 39.0 Å². The molecule has 2 aromatic rings. The van der Waals surface area contributed by atoms with E-state index < -0.39 is 0 Å². The Labute approximate surface area is 132 Å². The molecule has 7 nitrogen and oxygen atoms in total. The minimum atomic E-state index is 0.00745. The van der Waals surface area contributed by atoms with Crippen LogP contribution < -0.4 is 10.1 Å². The zero-order valence-corrected chi connectivity index (χ0v) is 14.1. The van der Waals surface area contributed by atoms with Crippen molar-refractivity contribution in [1.82, 2.24) is 25.1 Å². The Kier molecular flexibility index (Phi) is 5.68. The average molecular weight is 326 g/mol. The van der Waals surface area contributed by atoms with Crippen LogP contribution in [0.3, 0.4) is 0 Å². The minimum Gasteiger partial charge on any atom is -0.461 e. The first-order chi connectivity index (χ1) is 10.1. The molecule has 0 unspecified atom stereocenters. The largest absolute Gasteiger partial charge is 0.461 e. The lowest BCUT2D eigenvalue weighted by Crippen LogP contribution is -2.12. The normalized spacial score (nSPS) is 10.9. The summed E-state index contributed by atoms with van der Waals surface area (Å²) in [5, 5.41) is 12.7. The van der Waals surface area contributed by atoms with E-state index in [2.05, 4.69) is 37.4 Å². The van der Waals surface area contributed by atoms with E-state index in [-0.39, 0.29) is 6.10 Å². The maximum atomic E-state index is 5.57. The summed E-state index contributed by atoms with van der Waals surface area (Å²) in [5.41, 5.74) is 0. The monoisotopic (exact) mass is 326 g/mol. The highest BCUT2D eigenvalue weighted by molar-refractivity contribution is 8.00. The van der Waals surface area contributed by atoms with Gasteiger partial charge in [-0.25, -0.2) is 0 Å². The number of hydrogen-bond donors (Lipinski definition) is 1. The molecule has 0 aromatic carbocycles. The molecule has 0 radical (unpaired) electrons. The van der Waals surface area contributed by atoms with Gasteiger partial charge in [0.1, 0.15) is 5.01 Å². The van der Waals surface area contributed by atoms with E-state index in [0.717, 1.165) is 22.3 Å². The van der Waals surface area contributed by atoms with Crippen LogP contribution in [0.15, 0.2) is 9.50 Å². The summed E-state index contributed by atoms with van der Waals surface area (Å²) < 4.78 is 6.37. The second-order valence-electron chi connectivity index (χ2n) is 4.51. The Balaban J connectivity index is 2.21. The van der Waals surface area contributed by atoms with Gasteiger partial charge in [-0.3, -0.25) is 0 Å². The number of aryl methyl sites for hydroxylation is 1. The Bertz CT molecular complexity index is 589. The second kappa shape index (κ2) is 7.51. The third kappa shape index (κ3) is 5.09. The molecule has 0 spiro atoms. The fourth-order valence-corrected chi connectivity index (χ4v) is 3.02. The van der Waals surface area contributed by atoms with Crippen LogP contribution in [0.2, 0.25) is 0 Å².